The summed E-state index contributed by atoms with van der Waals surface area (Å²) < 4.78 is 4.52. The van der Waals surface area contributed by atoms with Crippen molar-refractivity contribution in [2.24, 2.45) is 0 Å². The predicted molar refractivity (Wildman–Crippen MR) is 107 cm³/mol. The minimum absolute atomic E-state index is 0.778. The van der Waals surface area contributed by atoms with Crippen molar-refractivity contribution in [3.63, 3.8) is 0 Å². The summed E-state index contributed by atoms with van der Waals surface area (Å²) in [7, 11) is 0. The van der Waals surface area contributed by atoms with Crippen LogP contribution in [0.1, 0.15) is 16.8 Å². The van der Waals surface area contributed by atoms with Gasteiger partial charge >= 0.3 is 0 Å². The van der Waals surface area contributed by atoms with E-state index in [1.807, 2.05) is 25.3 Å². The zero-order chi connectivity index (χ0) is 17.9. The summed E-state index contributed by atoms with van der Waals surface area (Å²) in [6.07, 6.45) is 1.85. The summed E-state index contributed by atoms with van der Waals surface area (Å²) in [5.41, 5.74) is 4.78. The molecule has 26 heavy (non-hydrogen) atoms. The van der Waals surface area contributed by atoms with Crippen molar-refractivity contribution < 1.29 is 0 Å². The fourth-order valence-corrected chi connectivity index (χ4v) is 3.93. The lowest BCUT2D eigenvalue weighted by atomic mass is 10.1. The molecular weight excluding hydrogens is 342 g/mol. The van der Waals surface area contributed by atoms with E-state index in [9.17, 15) is 0 Å². The molecule has 0 radical (unpaired) electrons. The molecule has 1 fully saturated rings. The molecular formula is C20H23N5S. The maximum Gasteiger partial charge on any atom is 0.205 e. The summed E-state index contributed by atoms with van der Waals surface area (Å²) in [5.74, 6) is 0.778. The molecule has 0 spiro atoms. The van der Waals surface area contributed by atoms with E-state index in [0.717, 1.165) is 54.9 Å². The van der Waals surface area contributed by atoms with Crippen molar-refractivity contribution in [3.05, 3.63) is 59.4 Å². The Bertz CT molecular complexity index is 866. The van der Waals surface area contributed by atoms with Gasteiger partial charge < -0.3 is 4.90 Å². The molecule has 6 heteroatoms. The van der Waals surface area contributed by atoms with Gasteiger partial charge in [0.2, 0.25) is 5.13 Å². The molecule has 4 rings (SSSR count). The highest BCUT2D eigenvalue weighted by Crippen LogP contribution is 2.25. The zero-order valence-electron chi connectivity index (χ0n) is 15.2. The molecule has 0 bridgehead atoms. The molecule has 0 aliphatic carbocycles. The average Bonchev–Trinajstić information content (AvgIpc) is 3.15. The number of aromatic nitrogens is 3. The zero-order valence-corrected chi connectivity index (χ0v) is 16.0. The topological polar surface area (TPSA) is 45.2 Å². The maximum absolute atomic E-state index is 4.73. The minimum Gasteiger partial charge on any atom is -0.344 e. The van der Waals surface area contributed by atoms with E-state index in [2.05, 4.69) is 50.3 Å². The van der Waals surface area contributed by atoms with Crippen LogP contribution in [0.5, 0.6) is 0 Å². The molecule has 0 amide bonds. The molecule has 134 valence electrons. The van der Waals surface area contributed by atoms with Gasteiger partial charge in [0.25, 0.3) is 0 Å². The van der Waals surface area contributed by atoms with Gasteiger partial charge in [-0.05, 0) is 37.1 Å². The normalized spacial score (nSPS) is 15.4. The van der Waals surface area contributed by atoms with Crippen LogP contribution in [-0.4, -0.2) is 45.4 Å². The van der Waals surface area contributed by atoms with Crippen LogP contribution >= 0.6 is 11.5 Å². The largest absolute Gasteiger partial charge is 0.344 e. The predicted octanol–water partition coefficient (Wildman–Crippen LogP) is 3.54. The van der Waals surface area contributed by atoms with E-state index in [-0.39, 0.29) is 0 Å². The van der Waals surface area contributed by atoms with Gasteiger partial charge in [-0.15, -0.1) is 0 Å². The van der Waals surface area contributed by atoms with Gasteiger partial charge in [0.1, 0.15) is 0 Å². The molecule has 2 aromatic heterocycles. The van der Waals surface area contributed by atoms with Gasteiger partial charge in [0, 0.05) is 61.7 Å². The number of pyridine rings is 1. The molecule has 3 heterocycles. The van der Waals surface area contributed by atoms with Crippen molar-refractivity contribution in [1.29, 1.82) is 0 Å². The molecule has 1 saturated heterocycles. The Morgan fingerprint density at radius 1 is 1.00 bits per heavy atom. The summed E-state index contributed by atoms with van der Waals surface area (Å²) in [6.45, 7) is 9.29. The number of piperazine rings is 1. The van der Waals surface area contributed by atoms with Gasteiger partial charge in [0.15, 0.2) is 5.82 Å². The van der Waals surface area contributed by atoms with Crippen LogP contribution in [0.2, 0.25) is 0 Å². The first-order valence-corrected chi connectivity index (χ1v) is 9.75. The van der Waals surface area contributed by atoms with Crippen LogP contribution in [0.4, 0.5) is 5.13 Å². The lowest BCUT2D eigenvalue weighted by Crippen LogP contribution is -2.46. The van der Waals surface area contributed by atoms with Gasteiger partial charge in [0.05, 0.1) is 0 Å². The second-order valence-electron chi connectivity index (χ2n) is 6.78. The average molecular weight is 366 g/mol. The number of hydrogen-bond acceptors (Lipinski definition) is 6. The number of benzene rings is 1. The molecule has 1 aliphatic rings. The van der Waals surface area contributed by atoms with E-state index in [1.54, 1.807) is 0 Å². The summed E-state index contributed by atoms with van der Waals surface area (Å²) >= 11 is 1.48. The maximum atomic E-state index is 4.73. The SMILES string of the molecule is Cc1ccc(-c2nsc(N3CCN(Cc4ccccc4C)CC3)n2)cn1. The number of hydrogen-bond donors (Lipinski definition) is 0. The Labute approximate surface area is 158 Å². The second kappa shape index (κ2) is 7.51. The molecule has 0 unspecified atom stereocenters. The Kier molecular flexibility index (Phi) is 4.95. The van der Waals surface area contributed by atoms with Gasteiger partial charge in [-0.3, -0.25) is 9.88 Å². The van der Waals surface area contributed by atoms with Crippen LogP contribution in [0.3, 0.4) is 0 Å². The highest BCUT2D eigenvalue weighted by Gasteiger charge is 2.20. The Morgan fingerprint density at radius 2 is 1.81 bits per heavy atom. The van der Waals surface area contributed by atoms with E-state index < -0.39 is 0 Å². The second-order valence-corrected chi connectivity index (χ2v) is 7.51. The third-order valence-corrected chi connectivity index (χ3v) is 5.66. The van der Waals surface area contributed by atoms with Crippen LogP contribution in [0, 0.1) is 13.8 Å². The smallest absolute Gasteiger partial charge is 0.205 e. The highest BCUT2D eigenvalue weighted by molar-refractivity contribution is 7.09. The van der Waals surface area contributed by atoms with Crippen molar-refractivity contribution in [1.82, 2.24) is 19.2 Å². The van der Waals surface area contributed by atoms with Crippen molar-refractivity contribution in [3.8, 4) is 11.4 Å². The summed E-state index contributed by atoms with van der Waals surface area (Å²) in [4.78, 5) is 13.9. The van der Waals surface area contributed by atoms with Crippen LogP contribution in [-0.2, 0) is 6.54 Å². The molecule has 0 saturated carbocycles. The number of rotatable bonds is 4. The third kappa shape index (κ3) is 3.76. The Balaban J connectivity index is 1.38. The first-order valence-electron chi connectivity index (χ1n) is 8.97. The quantitative estimate of drug-likeness (QED) is 0.708. The van der Waals surface area contributed by atoms with Crippen LogP contribution in [0.15, 0.2) is 42.6 Å². The fraction of sp³-hybridized carbons (Fsp3) is 0.350. The van der Waals surface area contributed by atoms with Gasteiger partial charge in [-0.25, -0.2) is 0 Å². The van der Waals surface area contributed by atoms with E-state index in [4.69, 9.17) is 4.98 Å². The fourth-order valence-electron chi connectivity index (χ4n) is 3.19. The number of anilines is 1. The lowest BCUT2D eigenvalue weighted by Gasteiger charge is -2.34. The number of aryl methyl sites for hydroxylation is 2. The van der Waals surface area contributed by atoms with Gasteiger partial charge in [-0.2, -0.15) is 9.36 Å². The highest BCUT2D eigenvalue weighted by atomic mass is 32.1. The lowest BCUT2D eigenvalue weighted by molar-refractivity contribution is 0.249. The summed E-state index contributed by atoms with van der Waals surface area (Å²) in [5, 5.41) is 1.01. The molecule has 3 aromatic rings. The molecule has 1 aromatic carbocycles. The van der Waals surface area contributed by atoms with E-state index in [1.165, 1.54) is 22.7 Å². The summed E-state index contributed by atoms with van der Waals surface area (Å²) in [6, 6.07) is 12.7. The minimum atomic E-state index is 0.778. The van der Waals surface area contributed by atoms with E-state index >= 15 is 0 Å². The van der Waals surface area contributed by atoms with E-state index in [0.29, 0.717) is 0 Å². The molecule has 1 aliphatic heterocycles. The first kappa shape index (κ1) is 17.1. The molecule has 0 atom stereocenters. The van der Waals surface area contributed by atoms with Crippen LogP contribution in [0.25, 0.3) is 11.4 Å². The van der Waals surface area contributed by atoms with Crippen molar-refractivity contribution in [2.45, 2.75) is 20.4 Å². The molecule has 0 N–H and O–H groups in total. The standard InChI is InChI=1S/C20H23N5S/c1-15-5-3-4-6-18(15)14-24-9-11-25(12-10-24)20-22-19(23-26-20)17-8-7-16(2)21-13-17/h3-8,13H,9-12,14H2,1-2H3. The number of nitrogens with zero attached hydrogens (tertiary/aromatic N) is 5. The van der Waals surface area contributed by atoms with Gasteiger partial charge in [-0.1, -0.05) is 24.3 Å². The third-order valence-electron chi connectivity index (χ3n) is 4.88. The van der Waals surface area contributed by atoms with Crippen molar-refractivity contribution in [2.75, 3.05) is 31.1 Å². The monoisotopic (exact) mass is 365 g/mol. The Morgan fingerprint density at radius 3 is 2.54 bits per heavy atom. The van der Waals surface area contributed by atoms with Crippen molar-refractivity contribution >= 4 is 16.7 Å². The molecule has 5 nitrogen and oxygen atoms in total. The Hall–Kier alpha value is -2.31. The van der Waals surface area contributed by atoms with Crippen LogP contribution < -0.4 is 4.90 Å². The first-order chi connectivity index (χ1) is 12.7.